The number of carbonyl (C=O) groups excluding carboxylic acids is 1. The van der Waals surface area contributed by atoms with Crippen molar-refractivity contribution in [3.8, 4) is 5.00 Å². The van der Waals surface area contributed by atoms with Crippen molar-refractivity contribution in [2.24, 2.45) is 0 Å². The van der Waals surface area contributed by atoms with Crippen molar-refractivity contribution in [1.29, 1.82) is 0 Å². The van der Waals surface area contributed by atoms with Crippen LogP contribution in [-0.4, -0.2) is 52.3 Å². The minimum Gasteiger partial charge on any atom is -0.324 e. The highest BCUT2D eigenvalue weighted by atomic mass is 32.2. The molecule has 0 spiro atoms. The molecule has 1 aromatic carbocycles. The van der Waals surface area contributed by atoms with E-state index in [1.807, 2.05) is 42.6 Å². The summed E-state index contributed by atoms with van der Waals surface area (Å²) in [5.41, 5.74) is 1.24. The molecule has 3 heterocycles. The Balaban J connectivity index is 1.60. The topological polar surface area (TPSA) is 106 Å². The Hall–Kier alpha value is -2.76. The van der Waals surface area contributed by atoms with Gasteiger partial charge >= 0.3 is 5.69 Å². The van der Waals surface area contributed by atoms with Gasteiger partial charge in [0.1, 0.15) is 17.4 Å². The van der Waals surface area contributed by atoms with E-state index in [-0.39, 0.29) is 24.1 Å². The molecule has 0 atom stereocenters. The van der Waals surface area contributed by atoms with Crippen LogP contribution < -0.4 is 11.0 Å². The number of aromatic nitrogens is 3. The van der Waals surface area contributed by atoms with E-state index >= 15 is 0 Å². The summed E-state index contributed by atoms with van der Waals surface area (Å²) >= 11 is 1.41. The summed E-state index contributed by atoms with van der Waals surface area (Å²) in [5, 5.41) is 9.96. The number of thiophene rings is 1. The average Bonchev–Trinajstić information content (AvgIpc) is 3.38. The second kappa shape index (κ2) is 9.00. The van der Waals surface area contributed by atoms with Crippen molar-refractivity contribution in [1.82, 2.24) is 18.7 Å². The van der Waals surface area contributed by atoms with Gasteiger partial charge in [0.05, 0.1) is 6.26 Å². The average molecular weight is 476 g/mol. The molecule has 0 bridgehead atoms. The number of aryl methyl sites for hydroxylation is 1. The van der Waals surface area contributed by atoms with Crippen molar-refractivity contribution in [3.63, 3.8) is 0 Å². The van der Waals surface area contributed by atoms with Crippen molar-refractivity contribution in [2.45, 2.75) is 32.2 Å². The Kier molecular flexibility index (Phi) is 6.31. The molecule has 1 amide bonds. The summed E-state index contributed by atoms with van der Waals surface area (Å²) in [6.07, 6.45) is 2.32. The zero-order valence-electron chi connectivity index (χ0n) is 17.9. The number of sulfonamides is 1. The van der Waals surface area contributed by atoms with Crippen LogP contribution in [0.15, 0.2) is 46.6 Å². The number of carbonyl (C=O) groups is 1. The lowest BCUT2D eigenvalue weighted by Gasteiger charge is -2.29. The summed E-state index contributed by atoms with van der Waals surface area (Å²) in [7, 11) is -3.25. The molecule has 32 heavy (non-hydrogen) atoms. The maximum Gasteiger partial charge on any atom is 0.351 e. The van der Waals surface area contributed by atoms with Crippen LogP contribution in [-0.2, 0) is 21.4 Å². The third-order valence-corrected chi connectivity index (χ3v) is 7.75. The third kappa shape index (κ3) is 4.69. The molecule has 4 rings (SSSR count). The second-order valence-corrected chi connectivity index (χ2v) is 10.8. The fourth-order valence-electron chi connectivity index (χ4n) is 3.88. The van der Waals surface area contributed by atoms with Gasteiger partial charge in [0.2, 0.25) is 15.9 Å². The lowest BCUT2D eigenvalue weighted by molar-refractivity contribution is -0.117. The highest BCUT2D eigenvalue weighted by molar-refractivity contribution is 7.88. The Labute approximate surface area is 190 Å². The number of rotatable bonds is 6. The highest BCUT2D eigenvalue weighted by Crippen LogP contribution is 2.29. The molecular weight excluding hydrogens is 450 g/mol. The van der Waals surface area contributed by atoms with Crippen molar-refractivity contribution < 1.29 is 13.2 Å². The molecule has 1 aliphatic heterocycles. The molecule has 9 nitrogen and oxygen atoms in total. The molecule has 2 aromatic heterocycles. The first-order valence-electron chi connectivity index (χ1n) is 10.3. The van der Waals surface area contributed by atoms with Crippen LogP contribution in [0.3, 0.4) is 0 Å². The number of amides is 1. The largest absolute Gasteiger partial charge is 0.351 e. The van der Waals surface area contributed by atoms with E-state index < -0.39 is 10.0 Å². The molecule has 1 aliphatic rings. The molecule has 0 saturated carbocycles. The van der Waals surface area contributed by atoms with Crippen LogP contribution >= 0.6 is 11.3 Å². The first-order valence-corrected chi connectivity index (χ1v) is 13.0. The molecule has 0 radical (unpaired) electrons. The summed E-state index contributed by atoms with van der Waals surface area (Å²) in [6.45, 7) is 2.44. The smallest absolute Gasteiger partial charge is 0.324 e. The van der Waals surface area contributed by atoms with Crippen molar-refractivity contribution in [3.05, 3.63) is 63.7 Å². The molecule has 1 saturated heterocycles. The van der Waals surface area contributed by atoms with Gasteiger partial charge in [-0.05, 0) is 48.9 Å². The van der Waals surface area contributed by atoms with Crippen LogP contribution in [0.1, 0.15) is 30.1 Å². The molecule has 3 aromatic rings. The minimum absolute atomic E-state index is 0.0801. The van der Waals surface area contributed by atoms with Gasteiger partial charge in [-0.25, -0.2) is 26.8 Å². The van der Waals surface area contributed by atoms with Crippen LogP contribution in [0, 0.1) is 6.92 Å². The normalized spacial score (nSPS) is 15.7. The van der Waals surface area contributed by atoms with Crippen molar-refractivity contribution in [2.75, 3.05) is 24.7 Å². The van der Waals surface area contributed by atoms with Gasteiger partial charge in [-0.15, -0.1) is 11.3 Å². The zero-order valence-corrected chi connectivity index (χ0v) is 19.5. The predicted octanol–water partition coefficient (Wildman–Crippen LogP) is 2.18. The number of hydrogen-bond acceptors (Lipinski definition) is 6. The first kappa shape index (κ1) is 22.4. The van der Waals surface area contributed by atoms with Gasteiger partial charge in [0.25, 0.3) is 0 Å². The van der Waals surface area contributed by atoms with E-state index in [1.165, 1.54) is 26.6 Å². The number of benzene rings is 1. The standard InChI is InChI=1S/C21H25N5O4S2/c1-15-6-3-4-7-17(15)22-18(27)14-25-21(28)26(19-8-5-13-31-19)20(23-25)16-9-11-24(12-10-16)32(2,29)30/h3-8,13,16H,9-12,14H2,1-2H3,(H,22,27). The van der Waals surface area contributed by atoms with Crippen LogP contribution in [0.25, 0.3) is 5.00 Å². The first-order chi connectivity index (χ1) is 15.2. The lowest BCUT2D eigenvalue weighted by atomic mass is 9.97. The van der Waals surface area contributed by atoms with Gasteiger partial charge in [0.15, 0.2) is 0 Å². The SMILES string of the molecule is Cc1ccccc1NC(=O)Cn1nc(C2CCN(S(C)(=O)=O)CC2)n(-c2cccs2)c1=O. The number of nitrogens with zero attached hydrogens (tertiary/aromatic N) is 4. The fourth-order valence-corrected chi connectivity index (χ4v) is 5.49. The lowest BCUT2D eigenvalue weighted by Crippen LogP contribution is -2.37. The maximum atomic E-state index is 13.2. The van der Waals surface area contributed by atoms with E-state index in [0.29, 0.717) is 37.4 Å². The zero-order chi connectivity index (χ0) is 22.9. The molecule has 11 heteroatoms. The Morgan fingerprint density at radius 1 is 1.19 bits per heavy atom. The molecule has 0 aliphatic carbocycles. The number of nitrogens with one attached hydrogen (secondary N) is 1. The van der Waals surface area contributed by atoms with Gasteiger partial charge in [0, 0.05) is 24.7 Å². The maximum absolute atomic E-state index is 13.2. The number of anilines is 1. The summed E-state index contributed by atoms with van der Waals surface area (Å²) in [4.78, 5) is 25.8. The van der Waals surface area contributed by atoms with Crippen molar-refractivity contribution >= 4 is 33.0 Å². The van der Waals surface area contributed by atoms with E-state index in [2.05, 4.69) is 10.4 Å². The van der Waals surface area contributed by atoms with E-state index in [4.69, 9.17) is 0 Å². The van der Waals surface area contributed by atoms with Crippen LogP contribution in [0.2, 0.25) is 0 Å². The molecule has 1 fully saturated rings. The van der Waals surface area contributed by atoms with Crippen LogP contribution in [0.4, 0.5) is 5.69 Å². The molecule has 1 N–H and O–H groups in total. The Morgan fingerprint density at radius 3 is 2.53 bits per heavy atom. The molecule has 0 unspecified atom stereocenters. The second-order valence-electron chi connectivity index (χ2n) is 7.88. The summed E-state index contributed by atoms with van der Waals surface area (Å²) < 4.78 is 27.9. The fraction of sp³-hybridized carbons (Fsp3) is 0.381. The Bertz CT molecular complexity index is 1270. The highest BCUT2D eigenvalue weighted by Gasteiger charge is 2.30. The summed E-state index contributed by atoms with van der Waals surface area (Å²) in [6, 6.07) is 11.1. The monoisotopic (exact) mass is 475 g/mol. The minimum atomic E-state index is -3.25. The molecule has 170 valence electrons. The molecular formula is C21H25N5O4S2. The van der Waals surface area contributed by atoms with Gasteiger partial charge in [-0.1, -0.05) is 18.2 Å². The van der Waals surface area contributed by atoms with E-state index in [0.717, 1.165) is 10.6 Å². The third-order valence-electron chi connectivity index (χ3n) is 5.59. The van der Waals surface area contributed by atoms with Crippen LogP contribution in [0.5, 0.6) is 0 Å². The quantitative estimate of drug-likeness (QED) is 0.588. The number of piperidine rings is 1. The summed E-state index contributed by atoms with van der Waals surface area (Å²) in [5.74, 6) is 0.147. The van der Waals surface area contributed by atoms with E-state index in [1.54, 1.807) is 10.6 Å². The van der Waals surface area contributed by atoms with E-state index in [9.17, 15) is 18.0 Å². The Morgan fingerprint density at radius 2 is 1.91 bits per heavy atom. The van der Waals surface area contributed by atoms with Gasteiger partial charge in [-0.3, -0.25) is 4.79 Å². The number of para-hydroxylation sites is 1. The predicted molar refractivity (Wildman–Crippen MR) is 124 cm³/mol. The number of hydrogen-bond donors (Lipinski definition) is 1. The van der Waals surface area contributed by atoms with Gasteiger partial charge in [-0.2, -0.15) is 5.10 Å². The van der Waals surface area contributed by atoms with Gasteiger partial charge < -0.3 is 5.32 Å².